The van der Waals surface area contributed by atoms with Crippen molar-refractivity contribution < 1.29 is 23.8 Å². The van der Waals surface area contributed by atoms with Gasteiger partial charge in [-0.05, 0) is 72.1 Å². The van der Waals surface area contributed by atoms with E-state index in [2.05, 4.69) is 26.5 Å². The Labute approximate surface area is 229 Å². The van der Waals surface area contributed by atoms with E-state index in [1.165, 1.54) is 13.3 Å². The first-order valence-electron chi connectivity index (χ1n) is 11.7. The molecule has 0 aliphatic heterocycles. The highest BCUT2D eigenvalue weighted by Gasteiger charge is 2.15. The zero-order chi connectivity index (χ0) is 26.9. The molecular formula is C30H25BrN2O5. The molecule has 7 nitrogen and oxygen atoms in total. The van der Waals surface area contributed by atoms with Gasteiger partial charge in [0.15, 0.2) is 17.6 Å². The van der Waals surface area contributed by atoms with Crippen molar-refractivity contribution in [3.8, 4) is 28.4 Å². The highest BCUT2D eigenvalue weighted by molar-refractivity contribution is 9.10. The van der Waals surface area contributed by atoms with Gasteiger partial charge >= 0.3 is 5.97 Å². The van der Waals surface area contributed by atoms with Gasteiger partial charge in [-0.15, -0.1) is 0 Å². The first-order valence-corrected chi connectivity index (χ1v) is 12.5. The fourth-order valence-corrected chi connectivity index (χ4v) is 3.90. The van der Waals surface area contributed by atoms with Crippen molar-refractivity contribution in [2.75, 3.05) is 7.11 Å². The van der Waals surface area contributed by atoms with E-state index in [-0.39, 0.29) is 5.75 Å². The molecule has 0 bridgehead atoms. The molecule has 8 heteroatoms. The van der Waals surface area contributed by atoms with Crippen LogP contribution in [0.15, 0.2) is 107 Å². The van der Waals surface area contributed by atoms with Crippen LogP contribution in [-0.2, 0) is 4.79 Å². The minimum Gasteiger partial charge on any atom is -0.493 e. The number of hydrogen-bond donors (Lipinski definition) is 1. The quantitative estimate of drug-likeness (QED) is 0.111. The Morgan fingerprint density at radius 2 is 1.61 bits per heavy atom. The van der Waals surface area contributed by atoms with Gasteiger partial charge in [-0.1, -0.05) is 64.5 Å². The zero-order valence-corrected chi connectivity index (χ0v) is 22.3. The van der Waals surface area contributed by atoms with Gasteiger partial charge in [0.25, 0.3) is 5.91 Å². The molecule has 1 amide bonds. The van der Waals surface area contributed by atoms with Crippen molar-refractivity contribution in [2.24, 2.45) is 5.10 Å². The van der Waals surface area contributed by atoms with Crippen molar-refractivity contribution >= 4 is 34.0 Å². The molecule has 0 unspecified atom stereocenters. The third-order valence-electron chi connectivity index (χ3n) is 5.48. The van der Waals surface area contributed by atoms with E-state index >= 15 is 0 Å². The second-order valence-electron chi connectivity index (χ2n) is 8.19. The number of benzene rings is 4. The number of carbonyl (C=O) groups excluding carboxylic acids is 2. The minimum atomic E-state index is -0.760. The summed E-state index contributed by atoms with van der Waals surface area (Å²) in [5.74, 6) is 0.272. The van der Waals surface area contributed by atoms with Crippen molar-refractivity contribution in [2.45, 2.75) is 13.0 Å². The Kier molecular flexibility index (Phi) is 8.89. The Morgan fingerprint density at radius 3 is 2.32 bits per heavy atom. The summed E-state index contributed by atoms with van der Waals surface area (Å²) in [7, 11) is 1.47. The zero-order valence-electron chi connectivity index (χ0n) is 20.8. The highest BCUT2D eigenvalue weighted by atomic mass is 79.9. The second-order valence-corrected chi connectivity index (χ2v) is 9.11. The molecule has 38 heavy (non-hydrogen) atoms. The lowest BCUT2D eigenvalue weighted by Gasteiger charge is -2.13. The molecule has 0 saturated heterocycles. The lowest BCUT2D eigenvalue weighted by Crippen LogP contribution is -2.33. The number of amides is 1. The van der Waals surface area contributed by atoms with Crippen LogP contribution in [0.25, 0.3) is 11.1 Å². The first kappa shape index (κ1) is 26.6. The Bertz CT molecular complexity index is 1440. The van der Waals surface area contributed by atoms with Crippen LogP contribution >= 0.6 is 15.9 Å². The predicted octanol–water partition coefficient (Wildman–Crippen LogP) is 6.26. The molecule has 0 fully saturated rings. The van der Waals surface area contributed by atoms with Gasteiger partial charge in [-0.2, -0.15) is 5.10 Å². The smallest absolute Gasteiger partial charge is 0.343 e. The summed E-state index contributed by atoms with van der Waals surface area (Å²) in [6, 6.07) is 29.4. The number of halogens is 1. The van der Waals surface area contributed by atoms with Crippen molar-refractivity contribution in [3.63, 3.8) is 0 Å². The number of nitrogens with one attached hydrogen (secondary N) is 1. The summed E-state index contributed by atoms with van der Waals surface area (Å²) >= 11 is 3.34. The summed E-state index contributed by atoms with van der Waals surface area (Å²) in [6.45, 7) is 1.65. The standard InChI is InChI=1S/C30H25BrN2O5/c1-20(37-26-14-12-23(13-15-26)22-7-4-3-5-8-22)29(34)33-32-19-21-11-16-27(28(17-21)36-2)38-30(35)24-9-6-10-25(31)18-24/h3-20H,1-2H3,(H,33,34)/b32-19-/t20-/m0/s1. The van der Waals surface area contributed by atoms with E-state index in [0.717, 1.165) is 15.6 Å². The van der Waals surface area contributed by atoms with E-state index in [0.29, 0.717) is 22.6 Å². The first-order chi connectivity index (χ1) is 18.4. The van der Waals surface area contributed by atoms with Gasteiger partial charge in [-0.3, -0.25) is 4.79 Å². The van der Waals surface area contributed by atoms with Crippen LogP contribution in [0.5, 0.6) is 17.2 Å². The van der Waals surface area contributed by atoms with Crippen molar-refractivity contribution in [1.82, 2.24) is 5.43 Å². The maximum absolute atomic E-state index is 12.5. The van der Waals surface area contributed by atoms with Crippen LogP contribution in [0.1, 0.15) is 22.8 Å². The maximum atomic E-state index is 12.5. The number of rotatable bonds is 9. The maximum Gasteiger partial charge on any atom is 0.343 e. The normalized spacial score (nSPS) is 11.6. The summed E-state index contributed by atoms with van der Waals surface area (Å²) in [4.78, 5) is 24.9. The third-order valence-corrected chi connectivity index (χ3v) is 5.98. The Morgan fingerprint density at radius 1 is 0.868 bits per heavy atom. The van der Waals surface area contributed by atoms with Crippen LogP contribution in [-0.4, -0.2) is 31.3 Å². The number of hydrazone groups is 1. The molecule has 0 radical (unpaired) electrons. The predicted molar refractivity (Wildman–Crippen MR) is 150 cm³/mol. The summed E-state index contributed by atoms with van der Waals surface area (Å²) in [6.07, 6.45) is 0.700. The van der Waals surface area contributed by atoms with Gasteiger partial charge < -0.3 is 14.2 Å². The van der Waals surface area contributed by atoms with Crippen molar-refractivity contribution in [1.29, 1.82) is 0 Å². The molecule has 0 aliphatic carbocycles. The number of hydrogen-bond acceptors (Lipinski definition) is 6. The molecule has 0 spiro atoms. The topological polar surface area (TPSA) is 86.2 Å². The summed E-state index contributed by atoms with van der Waals surface area (Å²) in [5.41, 5.74) is 5.67. The Balaban J connectivity index is 1.32. The molecule has 0 heterocycles. The van der Waals surface area contributed by atoms with Crippen LogP contribution in [0, 0.1) is 0 Å². The van der Waals surface area contributed by atoms with E-state index in [9.17, 15) is 9.59 Å². The van der Waals surface area contributed by atoms with Gasteiger partial charge in [0.2, 0.25) is 0 Å². The molecule has 4 rings (SSSR count). The van der Waals surface area contributed by atoms with Crippen LogP contribution in [0.4, 0.5) is 0 Å². The van der Waals surface area contributed by atoms with Gasteiger partial charge in [0.05, 0.1) is 18.9 Å². The number of ether oxygens (including phenoxy) is 3. The number of esters is 1. The molecule has 0 aliphatic rings. The highest BCUT2D eigenvalue weighted by Crippen LogP contribution is 2.29. The molecule has 1 atom stereocenters. The lowest BCUT2D eigenvalue weighted by atomic mass is 10.1. The average Bonchev–Trinajstić information content (AvgIpc) is 2.94. The molecule has 0 saturated carbocycles. The molecule has 0 aromatic heterocycles. The van der Waals surface area contributed by atoms with Gasteiger partial charge in [-0.25, -0.2) is 10.2 Å². The minimum absolute atomic E-state index is 0.263. The number of nitrogens with zero attached hydrogens (tertiary/aromatic N) is 1. The van der Waals surface area contributed by atoms with E-state index in [4.69, 9.17) is 14.2 Å². The van der Waals surface area contributed by atoms with Crippen LogP contribution in [0.3, 0.4) is 0 Å². The summed E-state index contributed by atoms with van der Waals surface area (Å²) in [5, 5.41) is 4.01. The van der Waals surface area contributed by atoms with Crippen LogP contribution in [0.2, 0.25) is 0 Å². The van der Waals surface area contributed by atoms with E-state index in [1.54, 1.807) is 43.3 Å². The molecule has 192 valence electrons. The van der Waals surface area contributed by atoms with Crippen LogP contribution < -0.4 is 19.6 Å². The fraction of sp³-hybridized carbons (Fsp3) is 0.100. The Hall–Kier alpha value is -4.43. The molecule has 4 aromatic carbocycles. The van der Waals surface area contributed by atoms with Gasteiger partial charge in [0.1, 0.15) is 5.75 Å². The summed E-state index contributed by atoms with van der Waals surface area (Å²) < 4.78 is 17.4. The molecular weight excluding hydrogens is 548 g/mol. The fourth-order valence-electron chi connectivity index (χ4n) is 3.50. The van der Waals surface area contributed by atoms with E-state index in [1.807, 2.05) is 60.7 Å². The SMILES string of the molecule is COc1cc(/C=N\NC(=O)[C@H](C)Oc2ccc(-c3ccccc3)cc2)ccc1OC(=O)c1cccc(Br)c1. The van der Waals surface area contributed by atoms with Gasteiger partial charge in [0, 0.05) is 4.47 Å². The number of methoxy groups -OCH3 is 1. The second kappa shape index (κ2) is 12.7. The number of carbonyl (C=O) groups is 2. The largest absolute Gasteiger partial charge is 0.493 e. The molecule has 4 aromatic rings. The third kappa shape index (κ3) is 7.08. The van der Waals surface area contributed by atoms with E-state index < -0.39 is 18.0 Å². The lowest BCUT2D eigenvalue weighted by molar-refractivity contribution is -0.127. The average molecular weight is 573 g/mol. The monoisotopic (exact) mass is 572 g/mol. The van der Waals surface area contributed by atoms with Crippen molar-refractivity contribution in [3.05, 3.63) is 113 Å². The molecule has 1 N–H and O–H groups in total.